The average molecular weight is 324 g/mol. The molecule has 1 amide bonds. The van der Waals surface area contributed by atoms with E-state index in [-0.39, 0.29) is 5.91 Å². The number of hydrogen-bond acceptors (Lipinski definition) is 4. The van der Waals surface area contributed by atoms with Crippen molar-refractivity contribution in [2.45, 2.75) is 19.4 Å². The van der Waals surface area contributed by atoms with Crippen molar-refractivity contribution >= 4 is 22.9 Å². The summed E-state index contributed by atoms with van der Waals surface area (Å²) in [6, 6.07) is 11.4. The summed E-state index contributed by atoms with van der Waals surface area (Å²) in [7, 11) is 1.88. The molecule has 0 atom stereocenters. The third-order valence-electron chi connectivity index (χ3n) is 4.48. The fourth-order valence-electron chi connectivity index (χ4n) is 3.17. The topological polar surface area (TPSA) is 63.3 Å². The summed E-state index contributed by atoms with van der Waals surface area (Å²) in [4.78, 5) is 19.2. The van der Waals surface area contributed by atoms with Crippen LogP contribution in [0.25, 0.3) is 11.0 Å². The summed E-state index contributed by atoms with van der Waals surface area (Å²) in [5, 5.41) is 2.83. The molecule has 0 saturated carbocycles. The van der Waals surface area contributed by atoms with Gasteiger partial charge in [-0.05, 0) is 50.2 Å². The largest absolute Gasteiger partial charge is 0.455 e. The molecule has 124 valence electrons. The van der Waals surface area contributed by atoms with E-state index in [0.29, 0.717) is 11.7 Å². The van der Waals surface area contributed by atoms with Gasteiger partial charge in [-0.3, -0.25) is 15.0 Å². The van der Waals surface area contributed by atoms with E-state index < -0.39 is 0 Å². The van der Waals surface area contributed by atoms with E-state index in [1.54, 1.807) is 6.07 Å². The fraction of sp³-hybridized carbons (Fsp3) is 0.333. The first kappa shape index (κ1) is 15.0. The minimum Gasteiger partial charge on any atom is -0.455 e. The van der Waals surface area contributed by atoms with Crippen LogP contribution in [-0.2, 0) is 13.6 Å². The number of aromatic nitrogens is 2. The number of furan rings is 1. The van der Waals surface area contributed by atoms with Gasteiger partial charge in [0.25, 0.3) is 5.91 Å². The number of benzene rings is 1. The van der Waals surface area contributed by atoms with Crippen molar-refractivity contribution in [1.82, 2.24) is 14.5 Å². The lowest BCUT2D eigenvalue weighted by molar-refractivity contribution is 0.0992. The highest BCUT2D eigenvalue weighted by Crippen LogP contribution is 2.19. The minimum atomic E-state index is -0.277. The van der Waals surface area contributed by atoms with Crippen LogP contribution in [0.2, 0.25) is 0 Å². The number of hydrogen-bond donors (Lipinski definition) is 1. The Morgan fingerprint density at radius 2 is 2.00 bits per heavy atom. The molecule has 3 aromatic rings. The molecule has 1 aliphatic heterocycles. The zero-order valence-electron chi connectivity index (χ0n) is 13.7. The van der Waals surface area contributed by atoms with E-state index >= 15 is 0 Å². The lowest BCUT2D eigenvalue weighted by Crippen LogP contribution is -2.18. The SMILES string of the molecule is Cn1c(NC(=O)c2ccc(CN3CCCC3)o2)nc2ccccc21. The maximum Gasteiger partial charge on any atom is 0.293 e. The Morgan fingerprint density at radius 3 is 2.79 bits per heavy atom. The monoisotopic (exact) mass is 324 g/mol. The van der Waals surface area contributed by atoms with E-state index in [0.717, 1.165) is 36.4 Å². The van der Waals surface area contributed by atoms with Gasteiger partial charge in [0.05, 0.1) is 17.6 Å². The van der Waals surface area contributed by atoms with Gasteiger partial charge in [-0.25, -0.2) is 4.98 Å². The Kier molecular flexibility index (Phi) is 3.82. The molecule has 2 aromatic heterocycles. The van der Waals surface area contributed by atoms with Crippen molar-refractivity contribution in [3.05, 3.63) is 47.9 Å². The van der Waals surface area contributed by atoms with Crippen LogP contribution in [-0.4, -0.2) is 33.4 Å². The van der Waals surface area contributed by atoms with Crippen LogP contribution in [0.3, 0.4) is 0 Å². The quantitative estimate of drug-likeness (QED) is 0.801. The summed E-state index contributed by atoms with van der Waals surface area (Å²) in [5.74, 6) is 1.38. The molecule has 1 fully saturated rings. The third-order valence-corrected chi connectivity index (χ3v) is 4.48. The number of aryl methyl sites for hydroxylation is 1. The first-order chi connectivity index (χ1) is 11.7. The number of fused-ring (bicyclic) bond motifs is 1. The summed E-state index contributed by atoms with van der Waals surface area (Å²) in [6.45, 7) is 2.96. The lowest BCUT2D eigenvalue weighted by atomic mass is 10.3. The zero-order chi connectivity index (χ0) is 16.5. The van der Waals surface area contributed by atoms with Crippen molar-refractivity contribution in [3.63, 3.8) is 0 Å². The summed E-state index contributed by atoms with van der Waals surface area (Å²) in [5.41, 5.74) is 1.83. The predicted molar refractivity (Wildman–Crippen MR) is 91.9 cm³/mol. The molecule has 0 radical (unpaired) electrons. The van der Waals surface area contributed by atoms with E-state index in [1.807, 2.05) is 41.9 Å². The maximum absolute atomic E-state index is 12.4. The second kappa shape index (κ2) is 6.13. The predicted octanol–water partition coefficient (Wildman–Crippen LogP) is 3.01. The molecule has 3 heterocycles. The fourth-order valence-corrected chi connectivity index (χ4v) is 3.17. The van der Waals surface area contributed by atoms with Gasteiger partial charge in [0.2, 0.25) is 5.95 Å². The van der Waals surface area contributed by atoms with Gasteiger partial charge in [0, 0.05) is 7.05 Å². The second-order valence-corrected chi connectivity index (χ2v) is 6.19. The van der Waals surface area contributed by atoms with E-state index in [9.17, 15) is 4.79 Å². The summed E-state index contributed by atoms with van der Waals surface area (Å²) in [6.07, 6.45) is 2.47. The number of anilines is 1. The number of para-hydroxylation sites is 2. The molecule has 0 unspecified atom stereocenters. The molecule has 0 bridgehead atoms. The molecular formula is C18H20N4O2. The number of rotatable bonds is 4. The van der Waals surface area contributed by atoms with Crippen LogP contribution in [0.15, 0.2) is 40.8 Å². The van der Waals surface area contributed by atoms with Crippen molar-refractivity contribution < 1.29 is 9.21 Å². The van der Waals surface area contributed by atoms with Crippen LogP contribution in [0.5, 0.6) is 0 Å². The number of amides is 1. The minimum absolute atomic E-state index is 0.277. The second-order valence-electron chi connectivity index (χ2n) is 6.19. The zero-order valence-corrected chi connectivity index (χ0v) is 13.7. The first-order valence-electron chi connectivity index (χ1n) is 8.24. The van der Waals surface area contributed by atoms with Gasteiger partial charge in [0.1, 0.15) is 5.76 Å². The Hall–Kier alpha value is -2.60. The highest BCUT2D eigenvalue weighted by Gasteiger charge is 2.17. The smallest absolute Gasteiger partial charge is 0.293 e. The Morgan fingerprint density at radius 1 is 1.21 bits per heavy atom. The van der Waals surface area contributed by atoms with Crippen LogP contribution >= 0.6 is 0 Å². The van der Waals surface area contributed by atoms with Gasteiger partial charge in [-0.15, -0.1) is 0 Å². The maximum atomic E-state index is 12.4. The number of carbonyl (C=O) groups excluding carboxylic acids is 1. The molecule has 6 nitrogen and oxygen atoms in total. The average Bonchev–Trinajstić information content (AvgIpc) is 3.31. The number of carbonyl (C=O) groups is 1. The summed E-state index contributed by atoms with van der Waals surface area (Å²) < 4.78 is 7.57. The van der Waals surface area contributed by atoms with Gasteiger partial charge < -0.3 is 8.98 Å². The van der Waals surface area contributed by atoms with Crippen LogP contribution in [0, 0.1) is 0 Å². The first-order valence-corrected chi connectivity index (χ1v) is 8.24. The molecule has 1 saturated heterocycles. The molecule has 0 aliphatic carbocycles. The van der Waals surface area contributed by atoms with Gasteiger partial charge in [0.15, 0.2) is 5.76 Å². The number of imidazole rings is 1. The molecular weight excluding hydrogens is 304 g/mol. The van der Waals surface area contributed by atoms with Crippen molar-refractivity contribution in [2.24, 2.45) is 7.05 Å². The highest BCUT2D eigenvalue weighted by atomic mass is 16.4. The normalized spacial score (nSPS) is 15.2. The molecule has 0 spiro atoms. The molecule has 1 aliphatic rings. The van der Waals surface area contributed by atoms with Crippen LogP contribution < -0.4 is 5.32 Å². The van der Waals surface area contributed by atoms with Crippen molar-refractivity contribution in [3.8, 4) is 0 Å². The Bertz CT molecular complexity index is 874. The third kappa shape index (κ3) is 2.80. The summed E-state index contributed by atoms with van der Waals surface area (Å²) >= 11 is 0. The van der Waals surface area contributed by atoms with E-state index in [4.69, 9.17) is 4.42 Å². The van der Waals surface area contributed by atoms with Gasteiger partial charge >= 0.3 is 0 Å². The number of nitrogens with one attached hydrogen (secondary N) is 1. The van der Waals surface area contributed by atoms with Crippen LogP contribution in [0.4, 0.5) is 5.95 Å². The van der Waals surface area contributed by atoms with Crippen molar-refractivity contribution in [2.75, 3.05) is 18.4 Å². The van der Waals surface area contributed by atoms with E-state index in [1.165, 1.54) is 12.8 Å². The Labute approximate surface area is 140 Å². The molecule has 24 heavy (non-hydrogen) atoms. The van der Waals surface area contributed by atoms with Gasteiger partial charge in [-0.2, -0.15) is 0 Å². The van der Waals surface area contributed by atoms with Crippen molar-refractivity contribution in [1.29, 1.82) is 0 Å². The Balaban J connectivity index is 1.49. The van der Waals surface area contributed by atoms with Crippen LogP contribution in [0.1, 0.15) is 29.2 Å². The van der Waals surface area contributed by atoms with Gasteiger partial charge in [-0.1, -0.05) is 12.1 Å². The number of likely N-dealkylation sites (tertiary alicyclic amines) is 1. The molecule has 1 aromatic carbocycles. The standard InChI is InChI=1S/C18H20N4O2/c1-21-15-7-3-2-6-14(15)19-18(21)20-17(23)16-9-8-13(24-16)12-22-10-4-5-11-22/h2-3,6-9H,4-5,10-12H2,1H3,(H,19,20,23). The highest BCUT2D eigenvalue weighted by molar-refractivity contribution is 6.02. The molecule has 1 N–H and O–H groups in total. The lowest BCUT2D eigenvalue weighted by Gasteiger charge is -2.11. The molecule has 6 heteroatoms. The molecule has 4 rings (SSSR count). The number of nitrogens with zero attached hydrogens (tertiary/aromatic N) is 3. The van der Waals surface area contributed by atoms with E-state index in [2.05, 4.69) is 15.2 Å².